The molecule has 20 heavy (non-hydrogen) atoms. The highest BCUT2D eigenvalue weighted by Gasteiger charge is 2.35. The monoisotopic (exact) mass is 317 g/mol. The molecule has 0 aromatic heterocycles. The minimum atomic E-state index is -0.741. The summed E-state index contributed by atoms with van der Waals surface area (Å²) in [7, 11) is 0. The van der Waals surface area contributed by atoms with Crippen LogP contribution in [-0.4, -0.2) is 29.3 Å². The number of hydrogen-bond acceptors (Lipinski definition) is 3. The summed E-state index contributed by atoms with van der Waals surface area (Å²) < 4.78 is 5.49. The van der Waals surface area contributed by atoms with Crippen LogP contribution in [-0.2, 0) is 4.79 Å². The summed E-state index contributed by atoms with van der Waals surface area (Å²) in [5.74, 6) is 0.161. The Hall–Kier alpha value is -0.970. The zero-order chi connectivity index (χ0) is 14.8. The van der Waals surface area contributed by atoms with Crippen molar-refractivity contribution in [3.63, 3.8) is 0 Å². The molecule has 6 heteroatoms. The largest absolute Gasteiger partial charge is 0.481 e. The van der Waals surface area contributed by atoms with E-state index >= 15 is 0 Å². The Bertz CT molecular complexity index is 483. The molecule has 0 bridgehead atoms. The van der Waals surface area contributed by atoms with E-state index in [4.69, 9.17) is 27.9 Å². The van der Waals surface area contributed by atoms with Crippen molar-refractivity contribution in [2.45, 2.75) is 37.9 Å². The second kappa shape index (κ2) is 6.20. The number of halogens is 2. The topological polar surface area (TPSA) is 58.6 Å². The number of carbonyl (C=O) groups is 1. The molecule has 1 aromatic rings. The van der Waals surface area contributed by atoms with Crippen LogP contribution in [0, 0.1) is 0 Å². The summed E-state index contributed by atoms with van der Waals surface area (Å²) in [6.45, 7) is 1.89. The van der Waals surface area contributed by atoms with E-state index in [2.05, 4.69) is 5.32 Å². The van der Waals surface area contributed by atoms with Crippen LogP contribution in [0.15, 0.2) is 18.2 Å². The van der Waals surface area contributed by atoms with Gasteiger partial charge in [-0.05, 0) is 44.4 Å². The molecule has 0 radical (unpaired) electrons. The maximum atomic E-state index is 11.9. The molecule has 1 aromatic carbocycles. The van der Waals surface area contributed by atoms with Gasteiger partial charge >= 0.3 is 0 Å². The molecular formula is C14H17Cl2NO3. The molecule has 1 atom stereocenters. The lowest BCUT2D eigenvalue weighted by atomic mass is 9.80. The van der Waals surface area contributed by atoms with Crippen molar-refractivity contribution in [3.05, 3.63) is 28.2 Å². The van der Waals surface area contributed by atoms with Gasteiger partial charge in [0.2, 0.25) is 0 Å². The lowest BCUT2D eigenvalue weighted by Crippen LogP contribution is -2.50. The van der Waals surface area contributed by atoms with Crippen LogP contribution in [0.4, 0.5) is 0 Å². The maximum Gasteiger partial charge on any atom is 0.260 e. The van der Waals surface area contributed by atoms with Crippen molar-refractivity contribution in [1.29, 1.82) is 0 Å². The Balaban J connectivity index is 1.86. The highest BCUT2D eigenvalue weighted by molar-refractivity contribution is 6.34. The second-order valence-corrected chi connectivity index (χ2v) is 6.03. The number of amides is 1. The van der Waals surface area contributed by atoms with Gasteiger partial charge in [-0.2, -0.15) is 0 Å². The molecule has 1 aliphatic carbocycles. The quantitative estimate of drug-likeness (QED) is 0.878. The first-order chi connectivity index (χ1) is 9.38. The molecule has 110 valence electrons. The Labute approximate surface area is 128 Å². The fraction of sp³-hybridized carbons (Fsp3) is 0.500. The molecular weight excluding hydrogens is 301 g/mol. The number of benzene rings is 1. The standard InChI is InChI=1S/C14H17Cl2NO3/c1-9(13(18)17-8-14(19)3-2-4-14)20-12-6-10(15)5-11(16)7-12/h5-7,9,19H,2-4,8H2,1H3,(H,17,18). The third-order valence-electron chi connectivity index (χ3n) is 3.39. The fourth-order valence-corrected chi connectivity index (χ4v) is 2.52. The Kier molecular flexibility index (Phi) is 4.78. The first-order valence-corrected chi connectivity index (χ1v) is 7.26. The van der Waals surface area contributed by atoms with Gasteiger partial charge in [0, 0.05) is 16.6 Å². The van der Waals surface area contributed by atoms with Gasteiger partial charge in [-0.1, -0.05) is 23.2 Å². The van der Waals surface area contributed by atoms with Crippen LogP contribution in [0.1, 0.15) is 26.2 Å². The normalized spacial score (nSPS) is 18.0. The zero-order valence-corrected chi connectivity index (χ0v) is 12.7. The highest BCUT2D eigenvalue weighted by atomic mass is 35.5. The van der Waals surface area contributed by atoms with E-state index in [1.807, 2.05) is 0 Å². The van der Waals surface area contributed by atoms with Crippen molar-refractivity contribution >= 4 is 29.1 Å². The molecule has 0 spiro atoms. The molecule has 2 N–H and O–H groups in total. The van der Waals surface area contributed by atoms with Crippen LogP contribution in [0.2, 0.25) is 10.0 Å². The molecule has 1 unspecified atom stereocenters. The van der Waals surface area contributed by atoms with Gasteiger partial charge in [0.1, 0.15) is 5.75 Å². The number of carbonyl (C=O) groups excluding carboxylic acids is 1. The predicted molar refractivity (Wildman–Crippen MR) is 78.4 cm³/mol. The van der Waals surface area contributed by atoms with Gasteiger partial charge in [0.05, 0.1) is 5.60 Å². The summed E-state index contributed by atoms with van der Waals surface area (Å²) >= 11 is 11.7. The van der Waals surface area contributed by atoms with Gasteiger partial charge in [-0.25, -0.2) is 0 Å². The van der Waals surface area contributed by atoms with Gasteiger partial charge in [0.15, 0.2) is 6.10 Å². The summed E-state index contributed by atoms with van der Waals surface area (Å²) in [6, 6.07) is 4.78. The molecule has 2 rings (SSSR count). The summed E-state index contributed by atoms with van der Waals surface area (Å²) in [4.78, 5) is 11.9. The average Bonchev–Trinajstić information content (AvgIpc) is 2.32. The molecule has 0 heterocycles. The molecule has 0 saturated heterocycles. The van der Waals surface area contributed by atoms with E-state index in [9.17, 15) is 9.90 Å². The average molecular weight is 318 g/mol. The Morgan fingerprint density at radius 1 is 1.40 bits per heavy atom. The van der Waals surface area contributed by atoms with Crippen molar-refractivity contribution in [2.75, 3.05) is 6.54 Å². The molecule has 1 saturated carbocycles. The SMILES string of the molecule is CC(Oc1cc(Cl)cc(Cl)c1)C(=O)NCC1(O)CCC1. The van der Waals surface area contributed by atoms with Gasteiger partial charge < -0.3 is 15.2 Å². The minimum Gasteiger partial charge on any atom is -0.481 e. The van der Waals surface area contributed by atoms with Crippen LogP contribution >= 0.6 is 23.2 Å². The fourth-order valence-electron chi connectivity index (χ4n) is 2.01. The third kappa shape index (κ3) is 4.01. The van der Waals surface area contributed by atoms with Gasteiger partial charge in [-0.15, -0.1) is 0 Å². The summed E-state index contributed by atoms with van der Waals surface area (Å²) in [5, 5.41) is 13.5. The van der Waals surface area contributed by atoms with E-state index in [1.165, 1.54) is 0 Å². The lowest BCUT2D eigenvalue weighted by Gasteiger charge is -2.36. The van der Waals surface area contributed by atoms with Crippen molar-refractivity contribution < 1.29 is 14.6 Å². The van der Waals surface area contributed by atoms with E-state index in [1.54, 1.807) is 25.1 Å². The molecule has 4 nitrogen and oxygen atoms in total. The van der Waals surface area contributed by atoms with Crippen LogP contribution in [0.3, 0.4) is 0 Å². The number of hydrogen-bond donors (Lipinski definition) is 2. The molecule has 0 aliphatic heterocycles. The molecule has 1 aliphatic rings. The van der Waals surface area contributed by atoms with E-state index < -0.39 is 11.7 Å². The summed E-state index contributed by atoms with van der Waals surface area (Å²) in [6.07, 6.45) is 1.77. The number of rotatable bonds is 5. The number of ether oxygens (including phenoxy) is 1. The third-order valence-corrected chi connectivity index (χ3v) is 3.83. The van der Waals surface area contributed by atoms with Crippen LogP contribution < -0.4 is 10.1 Å². The number of aliphatic hydroxyl groups is 1. The van der Waals surface area contributed by atoms with Crippen LogP contribution in [0.25, 0.3) is 0 Å². The van der Waals surface area contributed by atoms with E-state index in [0.29, 0.717) is 15.8 Å². The molecule has 1 fully saturated rings. The van der Waals surface area contributed by atoms with Gasteiger partial charge in [0.25, 0.3) is 5.91 Å². The van der Waals surface area contributed by atoms with E-state index in [0.717, 1.165) is 19.3 Å². The highest BCUT2D eigenvalue weighted by Crippen LogP contribution is 2.30. The molecule has 1 amide bonds. The van der Waals surface area contributed by atoms with Crippen molar-refractivity contribution in [3.8, 4) is 5.75 Å². The zero-order valence-electron chi connectivity index (χ0n) is 11.2. The van der Waals surface area contributed by atoms with Crippen LogP contribution in [0.5, 0.6) is 5.75 Å². The van der Waals surface area contributed by atoms with Crippen molar-refractivity contribution in [1.82, 2.24) is 5.32 Å². The Morgan fingerprint density at radius 2 is 2.00 bits per heavy atom. The Morgan fingerprint density at radius 3 is 2.50 bits per heavy atom. The lowest BCUT2D eigenvalue weighted by molar-refractivity contribution is -0.129. The summed E-state index contributed by atoms with van der Waals surface area (Å²) in [5.41, 5.74) is -0.741. The minimum absolute atomic E-state index is 0.260. The first-order valence-electron chi connectivity index (χ1n) is 6.51. The second-order valence-electron chi connectivity index (χ2n) is 5.16. The first kappa shape index (κ1) is 15.4. The maximum absolute atomic E-state index is 11.9. The van der Waals surface area contributed by atoms with E-state index in [-0.39, 0.29) is 12.5 Å². The smallest absolute Gasteiger partial charge is 0.260 e. The van der Waals surface area contributed by atoms with Crippen molar-refractivity contribution in [2.24, 2.45) is 0 Å². The number of nitrogens with one attached hydrogen (secondary N) is 1. The predicted octanol–water partition coefficient (Wildman–Crippen LogP) is 2.79. The van der Waals surface area contributed by atoms with Gasteiger partial charge in [-0.3, -0.25) is 4.79 Å².